The lowest BCUT2D eigenvalue weighted by atomic mass is 9.97. The molecule has 0 amide bonds. The average molecular weight is 445 g/mol. The zero-order chi connectivity index (χ0) is 23.4. The average Bonchev–Trinajstić information content (AvgIpc) is 3.20. The summed E-state index contributed by atoms with van der Waals surface area (Å²) in [6.07, 6.45) is 2.83. The number of methoxy groups -OCH3 is 2. The van der Waals surface area contributed by atoms with Crippen LogP contribution in [-0.2, 0) is 22.5 Å². The molecule has 1 aliphatic rings. The zero-order valence-corrected chi connectivity index (χ0v) is 19.4. The summed E-state index contributed by atoms with van der Waals surface area (Å²) in [7, 11) is 3.37. The van der Waals surface area contributed by atoms with Crippen molar-refractivity contribution in [2.45, 2.75) is 26.8 Å². The Labute approximate surface area is 193 Å². The Balaban J connectivity index is 0.000000471. The number of rotatable bonds is 5. The van der Waals surface area contributed by atoms with Crippen LogP contribution < -0.4 is 9.47 Å². The Morgan fingerprint density at radius 3 is 2.48 bits per heavy atom. The van der Waals surface area contributed by atoms with Gasteiger partial charge in [-0.15, -0.1) is 0 Å². The van der Waals surface area contributed by atoms with E-state index in [0.717, 1.165) is 30.0 Å². The highest BCUT2D eigenvalue weighted by Crippen LogP contribution is 2.42. The second kappa shape index (κ2) is 9.77. The van der Waals surface area contributed by atoms with Gasteiger partial charge in [0.05, 0.1) is 26.3 Å². The Morgan fingerprint density at radius 2 is 1.79 bits per heavy atom. The molecule has 2 aromatic carbocycles. The van der Waals surface area contributed by atoms with Gasteiger partial charge in [-0.05, 0) is 61.7 Å². The smallest absolute Gasteiger partial charge is 0.293 e. The van der Waals surface area contributed by atoms with E-state index in [2.05, 4.69) is 63.7 Å². The fourth-order valence-corrected chi connectivity index (χ4v) is 4.43. The molecule has 0 radical (unpaired) electrons. The molecule has 33 heavy (non-hydrogen) atoms. The minimum atomic E-state index is 0.431. The highest BCUT2D eigenvalue weighted by Gasteiger charge is 2.23. The molecule has 4 aromatic rings. The normalized spacial score (nSPS) is 11.6. The number of aromatic nitrogens is 2. The van der Waals surface area contributed by atoms with Crippen molar-refractivity contribution >= 4 is 17.4 Å². The number of fused-ring (bicyclic) bond motifs is 4. The first-order valence-corrected chi connectivity index (χ1v) is 11.0. The second-order valence-electron chi connectivity index (χ2n) is 7.72. The van der Waals surface area contributed by atoms with E-state index < -0.39 is 0 Å². The van der Waals surface area contributed by atoms with Crippen LogP contribution in [0.5, 0.6) is 11.5 Å². The first-order valence-electron chi connectivity index (χ1n) is 11.0. The van der Waals surface area contributed by atoms with Crippen molar-refractivity contribution in [3.05, 3.63) is 66.0 Å². The van der Waals surface area contributed by atoms with Gasteiger partial charge >= 0.3 is 0 Å². The fourth-order valence-electron chi connectivity index (χ4n) is 4.43. The van der Waals surface area contributed by atoms with Gasteiger partial charge in [0, 0.05) is 40.6 Å². The molecule has 6 nitrogen and oxygen atoms in total. The molecule has 3 heterocycles. The van der Waals surface area contributed by atoms with Gasteiger partial charge in [-0.2, -0.15) is 0 Å². The summed E-state index contributed by atoms with van der Waals surface area (Å²) in [5.74, 6) is 1.56. The third-order valence-electron chi connectivity index (χ3n) is 6.03. The third-order valence-corrected chi connectivity index (χ3v) is 6.03. The molecule has 0 atom stereocenters. The number of carbonyl (C=O) groups is 1. The molecule has 1 aliphatic heterocycles. The van der Waals surface area contributed by atoms with Crippen LogP contribution in [0.25, 0.3) is 33.3 Å². The minimum absolute atomic E-state index is 0.431. The van der Waals surface area contributed by atoms with Crippen molar-refractivity contribution in [1.29, 1.82) is 0 Å². The first-order chi connectivity index (χ1) is 16.1. The molecular weight excluding hydrogens is 416 g/mol. The maximum atomic E-state index is 9.18. The molecule has 0 aliphatic carbocycles. The third kappa shape index (κ3) is 4.16. The van der Waals surface area contributed by atoms with Gasteiger partial charge in [0.25, 0.3) is 6.47 Å². The van der Waals surface area contributed by atoms with Crippen LogP contribution in [0.15, 0.2) is 54.7 Å². The molecule has 0 saturated carbocycles. The van der Waals surface area contributed by atoms with Gasteiger partial charge in [-0.25, -0.2) is 0 Å². The van der Waals surface area contributed by atoms with Gasteiger partial charge in [0.15, 0.2) is 11.5 Å². The van der Waals surface area contributed by atoms with Crippen LogP contribution in [0.2, 0.25) is 0 Å². The monoisotopic (exact) mass is 444 g/mol. The maximum Gasteiger partial charge on any atom is 0.293 e. The summed E-state index contributed by atoms with van der Waals surface area (Å²) in [6.45, 7) is 5.84. The summed E-state index contributed by atoms with van der Waals surface area (Å²) in [6, 6.07) is 17.0. The fraction of sp³-hybridized carbons (Fsp3) is 0.259. The summed E-state index contributed by atoms with van der Waals surface area (Å²) < 4.78 is 17.6. The van der Waals surface area contributed by atoms with E-state index in [-0.39, 0.29) is 0 Å². The summed E-state index contributed by atoms with van der Waals surface area (Å²) in [4.78, 5) is 13.7. The molecule has 0 unspecified atom stereocenters. The van der Waals surface area contributed by atoms with E-state index in [0.29, 0.717) is 13.1 Å². The summed E-state index contributed by atoms with van der Waals surface area (Å²) in [5, 5.41) is 1.18. The van der Waals surface area contributed by atoms with E-state index in [1.165, 1.54) is 39.0 Å². The van der Waals surface area contributed by atoms with Gasteiger partial charge in [0.2, 0.25) is 0 Å². The molecule has 0 spiro atoms. The number of ether oxygens (including phenoxy) is 3. The lowest BCUT2D eigenvalue weighted by Crippen LogP contribution is -2.12. The number of carbonyl (C=O) groups excluding carboxylic acids is 1. The topological polar surface area (TPSA) is 62.6 Å². The van der Waals surface area contributed by atoms with Crippen LogP contribution in [0.4, 0.5) is 0 Å². The van der Waals surface area contributed by atoms with E-state index in [4.69, 9.17) is 9.47 Å². The predicted molar refractivity (Wildman–Crippen MR) is 130 cm³/mol. The van der Waals surface area contributed by atoms with Crippen molar-refractivity contribution in [2.24, 2.45) is 0 Å². The van der Waals surface area contributed by atoms with Crippen LogP contribution in [0, 0.1) is 6.92 Å². The van der Waals surface area contributed by atoms with Crippen LogP contribution >= 0.6 is 0 Å². The Bertz CT molecular complexity index is 1290. The second-order valence-corrected chi connectivity index (χ2v) is 7.72. The molecule has 2 aromatic heterocycles. The summed E-state index contributed by atoms with van der Waals surface area (Å²) >= 11 is 0. The van der Waals surface area contributed by atoms with Crippen molar-refractivity contribution in [3.8, 4) is 33.9 Å². The summed E-state index contributed by atoms with van der Waals surface area (Å²) in [5.41, 5.74) is 8.55. The van der Waals surface area contributed by atoms with E-state index >= 15 is 0 Å². The Kier molecular flexibility index (Phi) is 6.63. The first kappa shape index (κ1) is 22.4. The predicted octanol–water partition coefficient (Wildman–Crippen LogP) is 5.43. The van der Waals surface area contributed by atoms with E-state index in [1.807, 2.05) is 12.3 Å². The van der Waals surface area contributed by atoms with E-state index in [1.54, 1.807) is 21.1 Å². The number of benzene rings is 2. The lowest BCUT2D eigenvalue weighted by Gasteiger charge is -2.22. The highest BCUT2D eigenvalue weighted by atomic mass is 16.5. The quantitative estimate of drug-likeness (QED) is 0.384. The van der Waals surface area contributed by atoms with Crippen molar-refractivity contribution in [1.82, 2.24) is 9.55 Å². The van der Waals surface area contributed by atoms with Gasteiger partial charge in [0.1, 0.15) is 0 Å². The molecule has 0 N–H and O–H groups in total. The maximum absolute atomic E-state index is 9.18. The number of hydrogen-bond acceptors (Lipinski definition) is 5. The van der Waals surface area contributed by atoms with Crippen molar-refractivity contribution < 1.29 is 19.0 Å². The van der Waals surface area contributed by atoms with Crippen molar-refractivity contribution in [3.63, 3.8) is 0 Å². The van der Waals surface area contributed by atoms with Crippen LogP contribution in [0.1, 0.15) is 18.2 Å². The molecule has 0 fully saturated rings. The van der Waals surface area contributed by atoms with E-state index in [9.17, 15) is 4.79 Å². The number of aryl methyl sites for hydroxylation is 1. The Morgan fingerprint density at radius 1 is 1.00 bits per heavy atom. The lowest BCUT2D eigenvalue weighted by molar-refractivity contribution is -0.128. The number of pyridine rings is 1. The SMILES string of the molecule is CCOC=O.COc1cc2c(cc1OC)-c1cc(-c3cccc4ncccc34)c(C)n1CC2. The van der Waals surface area contributed by atoms with Gasteiger partial charge in [-0.1, -0.05) is 18.2 Å². The van der Waals surface area contributed by atoms with Crippen LogP contribution in [0.3, 0.4) is 0 Å². The minimum Gasteiger partial charge on any atom is -0.493 e. The molecule has 5 rings (SSSR count). The highest BCUT2D eigenvalue weighted by molar-refractivity contribution is 5.96. The van der Waals surface area contributed by atoms with Crippen molar-refractivity contribution in [2.75, 3.05) is 20.8 Å². The molecule has 6 heteroatoms. The molecule has 0 bridgehead atoms. The van der Waals surface area contributed by atoms with Gasteiger partial charge < -0.3 is 18.8 Å². The number of hydrogen-bond donors (Lipinski definition) is 0. The Hall–Kier alpha value is -3.80. The standard InChI is InChI=1S/C24H22N2O2.C3H6O2/c1-15-19(17-6-4-8-21-18(17)7-5-10-25-21)13-22-20-14-24(28-3)23(27-2)12-16(20)9-11-26(15)22;1-2-5-3-4/h4-8,10,12-14H,9,11H2,1-3H3;3H,2H2,1H3. The molecule has 170 valence electrons. The molecular formula is C27H28N2O4. The zero-order valence-electron chi connectivity index (χ0n) is 19.4. The number of nitrogens with zero attached hydrogens (tertiary/aromatic N) is 2. The largest absolute Gasteiger partial charge is 0.493 e. The van der Waals surface area contributed by atoms with Gasteiger partial charge in [-0.3, -0.25) is 9.78 Å². The van der Waals surface area contributed by atoms with Crippen LogP contribution in [-0.4, -0.2) is 36.8 Å². The molecule has 0 saturated heterocycles.